The van der Waals surface area contributed by atoms with E-state index in [1.807, 2.05) is 4.68 Å². The standard InChI is InChI=1S/C17H27N7S.HI/c1-5-18-16(19-8-15-23-13(10-25-15)17(2,3)4)22-12-6-7-14-20-11-21-24(14)9-12;/h10-12H,5-9H2,1-4H3,(H2,18,19,22);1H. The number of nitrogens with one attached hydrogen (secondary N) is 2. The van der Waals surface area contributed by atoms with Crippen molar-refractivity contribution >= 4 is 41.3 Å². The van der Waals surface area contributed by atoms with E-state index in [1.165, 1.54) is 0 Å². The first kappa shape index (κ1) is 21.1. The van der Waals surface area contributed by atoms with Crippen molar-refractivity contribution in [2.75, 3.05) is 6.54 Å². The quantitative estimate of drug-likeness (QED) is 0.392. The summed E-state index contributed by atoms with van der Waals surface area (Å²) in [4.78, 5) is 13.7. The molecule has 0 fully saturated rings. The molecule has 0 radical (unpaired) electrons. The Morgan fingerprint density at radius 1 is 1.42 bits per heavy atom. The highest BCUT2D eigenvalue weighted by Gasteiger charge is 2.21. The smallest absolute Gasteiger partial charge is 0.191 e. The maximum absolute atomic E-state index is 4.72. The Kier molecular flexibility index (Phi) is 7.39. The summed E-state index contributed by atoms with van der Waals surface area (Å²) in [6, 6.07) is 0.313. The van der Waals surface area contributed by atoms with E-state index in [9.17, 15) is 0 Å². The van der Waals surface area contributed by atoms with Gasteiger partial charge in [-0.3, -0.25) is 0 Å². The van der Waals surface area contributed by atoms with E-state index < -0.39 is 0 Å². The van der Waals surface area contributed by atoms with Gasteiger partial charge in [0.05, 0.1) is 18.8 Å². The molecule has 9 heteroatoms. The Hall–Kier alpha value is -1.23. The average Bonchev–Trinajstić information content (AvgIpc) is 3.21. The van der Waals surface area contributed by atoms with Crippen molar-refractivity contribution in [2.45, 2.75) is 65.1 Å². The molecule has 1 aliphatic heterocycles. The van der Waals surface area contributed by atoms with E-state index >= 15 is 0 Å². The van der Waals surface area contributed by atoms with Gasteiger partial charge in [-0.15, -0.1) is 35.3 Å². The fourth-order valence-electron chi connectivity index (χ4n) is 2.74. The largest absolute Gasteiger partial charge is 0.357 e. The molecule has 0 bridgehead atoms. The second kappa shape index (κ2) is 9.12. The lowest BCUT2D eigenvalue weighted by Gasteiger charge is -2.25. The molecule has 2 aromatic heterocycles. The lowest BCUT2D eigenvalue weighted by molar-refractivity contribution is 0.392. The first-order valence-corrected chi connectivity index (χ1v) is 9.70. The minimum atomic E-state index is 0. The van der Waals surface area contributed by atoms with Crippen LogP contribution in [0.4, 0.5) is 0 Å². The molecule has 2 aromatic rings. The normalized spacial score (nSPS) is 17.4. The van der Waals surface area contributed by atoms with Crippen LogP contribution in [0.5, 0.6) is 0 Å². The molecule has 2 N–H and O–H groups in total. The number of rotatable bonds is 4. The summed E-state index contributed by atoms with van der Waals surface area (Å²) in [5.41, 5.74) is 1.21. The Balaban J connectivity index is 0.00000243. The molecule has 1 unspecified atom stereocenters. The van der Waals surface area contributed by atoms with Gasteiger partial charge in [-0.1, -0.05) is 20.8 Å². The second-order valence-corrected chi connectivity index (χ2v) is 8.25. The Morgan fingerprint density at radius 2 is 2.23 bits per heavy atom. The third-order valence-electron chi connectivity index (χ3n) is 4.18. The molecule has 7 nitrogen and oxygen atoms in total. The number of fused-ring (bicyclic) bond motifs is 1. The van der Waals surface area contributed by atoms with Crippen LogP contribution in [-0.4, -0.2) is 38.3 Å². The molecule has 3 rings (SSSR count). The summed E-state index contributed by atoms with van der Waals surface area (Å²) < 4.78 is 1.97. The third kappa shape index (κ3) is 5.38. The molecule has 144 valence electrons. The zero-order valence-electron chi connectivity index (χ0n) is 15.8. The Morgan fingerprint density at radius 3 is 2.92 bits per heavy atom. The van der Waals surface area contributed by atoms with E-state index in [-0.39, 0.29) is 29.4 Å². The zero-order valence-corrected chi connectivity index (χ0v) is 19.0. The molecule has 0 spiro atoms. The van der Waals surface area contributed by atoms with Crippen LogP contribution in [0.3, 0.4) is 0 Å². The van der Waals surface area contributed by atoms with Crippen LogP contribution in [0, 0.1) is 0 Å². The monoisotopic (exact) mass is 489 g/mol. The molecule has 0 aromatic carbocycles. The highest BCUT2D eigenvalue weighted by atomic mass is 127. The highest BCUT2D eigenvalue weighted by Crippen LogP contribution is 2.24. The van der Waals surface area contributed by atoms with E-state index in [0.29, 0.717) is 12.6 Å². The SMILES string of the molecule is CCNC(=NCc1nc(C(C)(C)C)cs1)NC1CCc2ncnn2C1.I. The summed E-state index contributed by atoms with van der Waals surface area (Å²) in [6.07, 6.45) is 3.61. The molecule has 3 heterocycles. The molecule has 0 saturated heterocycles. The number of halogens is 1. The molecule has 1 aliphatic rings. The lowest BCUT2D eigenvalue weighted by atomic mass is 9.93. The number of aromatic nitrogens is 4. The molecule has 0 saturated carbocycles. The van der Waals surface area contributed by atoms with Gasteiger partial charge < -0.3 is 10.6 Å². The number of guanidine groups is 1. The zero-order chi connectivity index (χ0) is 17.9. The van der Waals surface area contributed by atoms with Gasteiger partial charge >= 0.3 is 0 Å². The van der Waals surface area contributed by atoms with Crippen LogP contribution in [0.25, 0.3) is 0 Å². The summed E-state index contributed by atoms with van der Waals surface area (Å²) in [7, 11) is 0. The van der Waals surface area contributed by atoms with Crippen LogP contribution < -0.4 is 10.6 Å². The summed E-state index contributed by atoms with van der Waals surface area (Å²) in [5.74, 6) is 1.90. The van der Waals surface area contributed by atoms with E-state index in [1.54, 1.807) is 17.7 Å². The number of hydrogen-bond donors (Lipinski definition) is 2. The van der Waals surface area contributed by atoms with Gasteiger partial charge in [-0.25, -0.2) is 19.6 Å². The maximum Gasteiger partial charge on any atom is 0.191 e. The van der Waals surface area contributed by atoms with Gasteiger partial charge in [-0.05, 0) is 13.3 Å². The van der Waals surface area contributed by atoms with Gasteiger partial charge in [0.1, 0.15) is 17.2 Å². The third-order valence-corrected chi connectivity index (χ3v) is 5.02. The number of aryl methyl sites for hydroxylation is 1. The molecule has 0 aliphatic carbocycles. The minimum Gasteiger partial charge on any atom is -0.357 e. The average molecular weight is 489 g/mol. The number of hydrogen-bond acceptors (Lipinski definition) is 5. The van der Waals surface area contributed by atoms with Crippen molar-refractivity contribution in [3.05, 3.63) is 28.2 Å². The summed E-state index contributed by atoms with van der Waals surface area (Å²) >= 11 is 1.68. The Labute approximate surface area is 176 Å². The molecule has 1 atom stereocenters. The van der Waals surface area contributed by atoms with Gasteiger partial charge in [0.15, 0.2) is 5.96 Å². The van der Waals surface area contributed by atoms with Crippen LogP contribution in [0.15, 0.2) is 16.7 Å². The fraction of sp³-hybridized carbons (Fsp3) is 0.647. The van der Waals surface area contributed by atoms with Crippen molar-refractivity contribution in [1.82, 2.24) is 30.4 Å². The number of thiazole rings is 1. The number of aliphatic imine (C=N–C) groups is 1. The number of nitrogens with zero attached hydrogens (tertiary/aromatic N) is 5. The van der Waals surface area contributed by atoms with Crippen LogP contribution in [0.2, 0.25) is 0 Å². The van der Waals surface area contributed by atoms with Gasteiger partial charge in [0.25, 0.3) is 0 Å². The van der Waals surface area contributed by atoms with Crippen molar-refractivity contribution in [2.24, 2.45) is 4.99 Å². The summed E-state index contributed by atoms with van der Waals surface area (Å²) in [6.45, 7) is 10.9. The predicted molar refractivity (Wildman–Crippen MR) is 116 cm³/mol. The maximum atomic E-state index is 4.72. The van der Waals surface area contributed by atoms with Crippen molar-refractivity contribution < 1.29 is 0 Å². The van der Waals surface area contributed by atoms with Crippen molar-refractivity contribution in [3.8, 4) is 0 Å². The molecule has 26 heavy (non-hydrogen) atoms. The predicted octanol–water partition coefficient (Wildman–Crippen LogP) is 2.72. The van der Waals surface area contributed by atoms with E-state index in [2.05, 4.69) is 53.8 Å². The second-order valence-electron chi connectivity index (χ2n) is 7.31. The molecular weight excluding hydrogens is 461 g/mol. The van der Waals surface area contributed by atoms with E-state index in [4.69, 9.17) is 9.98 Å². The summed E-state index contributed by atoms with van der Waals surface area (Å²) in [5, 5.41) is 14.3. The first-order valence-electron chi connectivity index (χ1n) is 8.82. The topological polar surface area (TPSA) is 80.0 Å². The first-order chi connectivity index (χ1) is 12.0. The van der Waals surface area contributed by atoms with Crippen LogP contribution >= 0.6 is 35.3 Å². The van der Waals surface area contributed by atoms with Crippen LogP contribution in [-0.2, 0) is 24.9 Å². The Bertz CT molecular complexity index is 732. The highest BCUT2D eigenvalue weighted by molar-refractivity contribution is 14.0. The van der Waals surface area contributed by atoms with E-state index in [0.717, 1.165) is 48.4 Å². The van der Waals surface area contributed by atoms with Gasteiger partial charge in [-0.2, -0.15) is 5.10 Å². The molecule has 0 amide bonds. The van der Waals surface area contributed by atoms with Gasteiger partial charge in [0.2, 0.25) is 0 Å². The van der Waals surface area contributed by atoms with Gasteiger partial charge in [0, 0.05) is 29.8 Å². The van der Waals surface area contributed by atoms with Crippen molar-refractivity contribution in [3.63, 3.8) is 0 Å². The van der Waals surface area contributed by atoms with Crippen LogP contribution in [0.1, 0.15) is 50.6 Å². The minimum absolute atomic E-state index is 0. The lowest BCUT2D eigenvalue weighted by Crippen LogP contribution is -2.47. The van der Waals surface area contributed by atoms with Crippen molar-refractivity contribution in [1.29, 1.82) is 0 Å². The molecular formula is C17H28IN7S. The fourth-order valence-corrected chi connectivity index (χ4v) is 3.69.